The molecule has 2 aromatic rings. The minimum atomic E-state index is -0.584. The van der Waals surface area contributed by atoms with E-state index in [4.69, 9.17) is 4.74 Å². The summed E-state index contributed by atoms with van der Waals surface area (Å²) in [4.78, 5) is 27.9. The Morgan fingerprint density at radius 3 is 2.50 bits per heavy atom. The maximum absolute atomic E-state index is 13.2. The summed E-state index contributed by atoms with van der Waals surface area (Å²) in [7, 11) is 0. The molecule has 172 valence electrons. The monoisotopic (exact) mass is 500 g/mol. The van der Waals surface area contributed by atoms with E-state index in [0.29, 0.717) is 12.3 Å². The molecule has 1 saturated carbocycles. The van der Waals surface area contributed by atoms with Crippen molar-refractivity contribution in [2.24, 2.45) is 0 Å². The second kappa shape index (κ2) is 11.5. The molecule has 2 amide bonds. The number of nitrogens with one attached hydrogen (secondary N) is 1. The van der Waals surface area contributed by atoms with Crippen LogP contribution < -0.4 is 10.1 Å². The van der Waals surface area contributed by atoms with Gasteiger partial charge in [0, 0.05) is 17.1 Å². The summed E-state index contributed by atoms with van der Waals surface area (Å²) in [5.41, 5.74) is 3.15. The van der Waals surface area contributed by atoms with E-state index >= 15 is 0 Å². The molecular formula is C26H33BrN2O3. The molecule has 1 fully saturated rings. The van der Waals surface area contributed by atoms with Gasteiger partial charge in [-0.3, -0.25) is 9.59 Å². The van der Waals surface area contributed by atoms with E-state index in [2.05, 4.69) is 21.2 Å². The van der Waals surface area contributed by atoms with Crippen LogP contribution >= 0.6 is 15.9 Å². The normalized spacial score (nSPS) is 15.1. The first-order valence-corrected chi connectivity index (χ1v) is 12.2. The fraction of sp³-hybridized carbons (Fsp3) is 0.462. The van der Waals surface area contributed by atoms with Crippen LogP contribution in [0.3, 0.4) is 0 Å². The molecular weight excluding hydrogens is 468 g/mol. The van der Waals surface area contributed by atoms with Crippen molar-refractivity contribution < 1.29 is 14.3 Å². The molecule has 0 aromatic heterocycles. The predicted octanol–water partition coefficient (Wildman–Crippen LogP) is 5.31. The number of halogens is 1. The number of hydrogen-bond donors (Lipinski definition) is 1. The van der Waals surface area contributed by atoms with Gasteiger partial charge in [0.1, 0.15) is 11.8 Å². The molecule has 5 nitrogen and oxygen atoms in total. The fourth-order valence-corrected chi connectivity index (χ4v) is 4.30. The van der Waals surface area contributed by atoms with E-state index < -0.39 is 6.04 Å². The standard InChI is InChI=1S/C26H33BrN2O3/c1-18-9-7-8-10-21(18)16-29(20(3)26(31)28-22-11-5-4-6-12-22)25(30)17-32-23-13-14-24(27)19(2)15-23/h7-10,13-15,20,22H,4-6,11-12,16-17H2,1-3H3,(H,28,31)/t20-/m1/s1. The Bertz CT molecular complexity index is 940. The number of ether oxygens (including phenoxy) is 1. The van der Waals surface area contributed by atoms with E-state index in [1.165, 1.54) is 6.42 Å². The zero-order valence-corrected chi connectivity index (χ0v) is 20.8. The Hall–Kier alpha value is -2.34. The third kappa shape index (κ3) is 6.58. The Morgan fingerprint density at radius 2 is 1.81 bits per heavy atom. The summed E-state index contributed by atoms with van der Waals surface area (Å²) in [6.45, 7) is 6.05. The van der Waals surface area contributed by atoms with Crippen molar-refractivity contribution in [3.63, 3.8) is 0 Å². The molecule has 1 aliphatic carbocycles. The van der Waals surface area contributed by atoms with Crippen LogP contribution in [-0.2, 0) is 16.1 Å². The smallest absolute Gasteiger partial charge is 0.261 e. The zero-order chi connectivity index (χ0) is 23.1. The number of rotatable bonds is 8. The number of amides is 2. The van der Waals surface area contributed by atoms with Crippen LogP contribution in [0, 0.1) is 13.8 Å². The lowest BCUT2D eigenvalue weighted by Crippen LogP contribution is -2.51. The van der Waals surface area contributed by atoms with Gasteiger partial charge >= 0.3 is 0 Å². The highest BCUT2D eigenvalue weighted by atomic mass is 79.9. The van der Waals surface area contributed by atoms with Gasteiger partial charge in [-0.2, -0.15) is 0 Å². The van der Waals surface area contributed by atoms with Crippen molar-refractivity contribution >= 4 is 27.7 Å². The molecule has 0 spiro atoms. The van der Waals surface area contributed by atoms with Crippen LogP contribution in [0.25, 0.3) is 0 Å². The summed E-state index contributed by atoms with van der Waals surface area (Å²) < 4.78 is 6.78. The Kier molecular flexibility index (Phi) is 8.74. The minimum absolute atomic E-state index is 0.0988. The molecule has 0 heterocycles. The summed E-state index contributed by atoms with van der Waals surface area (Å²) >= 11 is 3.48. The Labute approximate surface area is 199 Å². The average molecular weight is 501 g/mol. The topological polar surface area (TPSA) is 58.6 Å². The second-order valence-electron chi connectivity index (χ2n) is 8.67. The van der Waals surface area contributed by atoms with E-state index in [1.54, 1.807) is 11.8 Å². The van der Waals surface area contributed by atoms with Crippen LogP contribution in [-0.4, -0.2) is 35.4 Å². The van der Waals surface area contributed by atoms with Crippen LogP contribution in [0.2, 0.25) is 0 Å². The number of hydrogen-bond acceptors (Lipinski definition) is 3. The minimum Gasteiger partial charge on any atom is -0.484 e. The van der Waals surface area contributed by atoms with Crippen molar-refractivity contribution in [3.05, 3.63) is 63.6 Å². The molecule has 6 heteroatoms. The first-order valence-electron chi connectivity index (χ1n) is 11.4. The largest absolute Gasteiger partial charge is 0.484 e. The number of carbonyl (C=O) groups is 2. The van der Waals surface area contributed by atoms with E-state index in [0.717, 1.165) is 46.8 Å². The molecule has 0 aliphatic heterocycles. The van der Waals surface area contributed by atoms with Gasteiger partial charge in [-0.15, -0.1) is 0 Å². The quantitative estimate of drug-likeness (QED) is 0.534. The number of aryl methyl sites for hydroxylation is 2. The van der Waals surface area contributed by atoms with Crippen molar-refractivity contribution in [2.75, 3.05) is 6.61 Å². The number of nitrogens with zero attached hydrogens (tertiary/aromatic N) is 1. The molecule has 32 heavy (non-hydrogen) atoms. The highest BCUT2D eigenvalue weighted by Crippen LogP contribution is 2.22. The SMILES string of the molecule is Cc1cc(OCC(=O)N(Cc2ccccc2C)[C@H](C)C(=O)NC2CCCCC2)ccc1Br. The summed E-state index contributed by atoms with van der Waals surface area (Å²) in [6.07, 6.45) is 5.54. The van der Waals surface area contributed by atoms with Gasteiger partial charge in [-0.25, -0.2) is 0 Å². The van der Waals surface area contributed by atoms with Crippen molar-refractivity contribution in [1.29, 1.82) is 0 Å². The van der Waals surface area contributed by atoms with Crippen LogP contribution in [0.5, 0.6) is 5.75 Å². The van der Waals surface area contributed by atoms with Crippen LogP contribution in [0.4, 0.5) is 0 Å². The lowest BCUT2D eigenvalue weighted by Gasteiger charge is -2.31. The first-order chi connectivity index (χ1) is 15.3. The fourth-order valence-electron chi connectivity index (χ4n) is 4.06. The van der Waals surface area contributed by atoms with Crippen LogP contribution in [0.1, 0.15) is 55.7 Å². The average Bonchev–Trinajstić information content (AvgIpc) is 2.79. The van der Waals surface area contributed by atoms with Gasteiger partial charge in [0.15, 0.2) is 6.61 Å². The van der Waals surface area contributed by atoms with Crippen molar-refractivity contribution in [3.8, 4) is 5.75 Å². The molecule has 1 aliphatic rings. The van der Waals surface area contributed by atoms with E-state index in [9.17, 15) is 9.59 Å². The summed E-state index contributed by atoms with van der Waals surface area (Å²) in [5.74, 6) is 0.327. The molecule has 0 bridgehead atoms. The van der Waals surface area contributed by atoms with Gasteiger partial charge in [-0.05, 0) is 68.5 Å². The van der Waals surface area contributed by atoms with Crippen molar-refractivity contribution in [1.82, 2.24) is 10.2 Å². The number of benzene rings is 2. The lowest BCUT2D eigenvalue weighted by atomic mass is 9.95. The van der Waals surface area contributed by atoms with E-state index in [-0.39, 0.29) is 24.5 Å². The Morgan fingerprint density at radius 1 is 1.09 bits per heavy atom. The molecule has 2 aromatic carbocycles. The van der Waals surface area contributed by atoms with Gasteiger partial charge in [-0.1, -0.05) is 59.5 Å². The Balaban J connectivity index is 1.72. The summed E-state index contributed by atoms with van der Waals surface area (Å²) in [5, 5.41) is 3.16. The van der Waals surface area contributed by atoms with E-state index in [1.807, 2.05) is 56.3 Å². The molecule has 3 rings (SSSR count). The maximum atomic E-state index is 13.2. The van der Waals surface area contributed by atoms with Gasteiger partial charge in [0.05, 0.1) is 0 Å². The predicted molar refractivity (Wildman–Crippen MR) is 131 cm³/mol. The van der Waals surface area contributed by atoms with Crippen molar-refractivity contribution in [2.45, 2.75) is 71.5 Å². The molecule has 1 N–H and O–H groups in total. The third-order valence-electron chi connectivity index (χ3n) is 6.21. The van der Waals surface area contributed by atoms with Gasteiger partial charge in [0.2, 0.25) is 5.91 Å². The van der Waals surface area contributed by atoms with Gasteiger partial charge in [0.25, 0.3) is 5.91 Å². The molecule has 0 saturated heterocycles. The lowest BCUT2D eigenvalue weighted by molar-refractivity contribution is -0.142. The molecule has 0 unspecified atom stereocenters. The molecule has 0 radical (unpaired) electrons. The number of carbonyl (C=O) groups excluding carboxylic acids is 2. The first kappa shape index (κ1) is 24.3. The second-order valence-corrected chi connectivity index (χ2v) is 9.52. The maximum Gasteiger partial charge on any atom is 0.261 e. The molecule has 1 atom stereocenters. The summed E-state index contributed by atoms with van der Waals surface area (Å²) in [6, 6.07) is 13.2. The third-order valence-corrected chi connectivity index (χ3v) is 7.10. The van der Waals surface area contributed by atoms with Crippen LogP contribution in [0.15, 0.2) is 46.9 Å². The highest BCUT2D eigenvalue weighted by molar-refractivity contribution is 9.10. The highest BCUT2D eigenvalue weighted by Gasteiger charge is 2.28. The zero-order valence-electron chi connectivity index (χ0n) is 19.2. The van der Waals surface area contributed by atoms with Gasteiger partial charge < -0.3 is 15.0 Å².